The molecule has 0 radical (unpaired) electrons. The molecule has 2 rings (SSSR count). The molecule has 0 saturated carbocycles. The van der Waals surface area contributed by atoms with Crippen LogP contribution in [0.5, 0.6) is 0 Å². The van der Waals surface area contributed by atoms with Crippen molar-refractivity contribution in [1.29, 1.82) is 0 Å². The van der Waals surface area contributed by atoms with Crippen LogP contribution in [-0.4, -0.2) is 14.1 Å². The number of aryl methyl sites for hydroxylation is 1. The largest absolute Gasteiger partial charge is 1.00 e. The Hall–Kier alpha value is -0.430. The van der Waals surface area contributed by atoms with Gasteiger partial charge in [0.1, 0.15) is 0 Å². The van der Waals surface area contributed by atoms with E-state index in [9.17, 15) is 4.79 Å². The van der Waals surface area contributed by atoms with E-state index in [1.165, 1.54) is 0 Å². The second-order valence-electron chi connectivity index (χ2n) is 4.23. The van der Waals surface area contributed by atoms with Crippen LogP contribution in [0.3, 0.4) is 0 Å². The van der Waals surface area contributed by atoms with Gasteiger partial charge >= 0.3 is 29.6 Å². The summed E-state index contributed by atoms with van der Waals surface area (Å²) in [4.78, 5) is 19.8. The minimum absolute atomic E-state index is 0. The van der Waals surface area contributed by atoms with Gasteiger partial charge in [0.05, 0.1) is 22.1 Å². The van der Waals surface area contributed by atoms with Crippen LogP contribution in [0.25, 0.3) is 11.2 Å². The van der Waals surface area contributed by atoms with Crippen molar-refractivity contribution in [2.75, 3.05) is 0 Å². The Kier molecular flexibility index (Phi) is 4.71. The number of hydrogen-bond donors (Lipinski definition) is 0. The molecule has 5 nitrogen and oxygen atoms in total. The van der Waals surface area contributed by atoms with E-state index in [0.29, 0.717) is 22.8 Å². The molecule has 0 fully saturated rings. The average Bonchev–Trinajstić information content (AvgIpc) is 2.55. The van der Waals surface area contributed by atoms with Crippen molar-refractivity contribution < 1.29 is 29.6 Å². The van der Waals surface area contributed by atoms with Crippen molar-refractivity contribution in [3.8, 4) is 0 Å². The molecule has 0 amide bonds. The van der Waals surface area contributed by atoms with Gasteiger partial charge in [0.25, 0.3) is 0 Å². The third kappa shape index (κ3) is 2.70. The van der Waals surface area contributed by atoms with Gasteiger partial charge in [0.2, 0.25) is 0 Å². The first-order valence-corrected chi connectivity index (χ1v) is 5.50. The second-order valence-corrected chi connectivity index (χ2v) is 4.62. The van der Waals surface area contributed by atoms with Crippen molar-refractivity contribution in [1.82, 2.24) is 19.1 Å². The molecule has 0 N–H and O–H groups in total. The summed E-state index contributed by atoms with van der Waals surface area (Å²) in [6, 6.07) is 0. The predicted molar refractivity (Wildman–Crippen MR) is 64.0 cm³/mol. The van der Waals surface area contributed by atoms with Crippen LogP contribution < -0.4 is 40.2 Å². The molecule has 2 aromatic rings. The Morgan fingerprint density at radius 3 is 2.76 bits per heavy atom. The minimum Gasteiger partial charge on any atom is -0.394 e. The normalized spacial score (nSPS) is 10.8. The van der Waals surface area contributed by atoms with Crippen LogP contribution in [0.2, 0.25) is 0 Å². The smallest absolute Gasteiger partial charge is 0.394 e. The SMILES string of the molecule is CC(C)Cn1c(=O)[n-]c(=S)c2c1ncn2C.[Na+]. The zero-order valence-electron chi connectivity index (χ0n) is 10.5. The zero-order valence-corrected chi connectivity index (χ0v) is 13.3. The Morgan fingerprint density at radius 1 is 1.53 bits per heavy atom. The molecule has 0 spiro atoms. The van der Waals surface area contributed by atoms with Crippen molar-refractivity contribution >= 4 is 23.4 Å². The Labute approximate surface area is 126 Å². The maximum absolute atomic E-state index is 11.7. The molecular formula is C10H13N4NaOS. The van der Waals surface area contributed by atoms with Crippen LogP contribution >= 0.6 is 12.2 Å². The molecule has 0 atom stereocenters. The summed E-state index contributed by atoms with van der Waals surface area (Å²) in [7, 11) is 1.84. The van der Waals surface area contributed by atoms with Gasteiger partial charge in [-0.25, -0.2) is 4.98 Å². The van der Waals surface area contributed by atoms with Crippen LogP contribution in [0, 0.1) is 10.6 Å². The summed E-state index contributed by atoms with van der Waals surface area (Å²) in [5, 5.41) is 0. The summed E-state index contributed by atoms with van der Waals surface area (Å²) in [6.45, 7) is 4.70. The van der Waals surface area contributed by atoms with E-state index in [-0.39, 0.29) is 35.2 Å². The van der Waals surface area contributed by atoms with E-state index in [1.807, 2.05) is 20.9 Å². The molecule has 0 bridgehead atoms. The Balaban J connectivity index is 0.00000144. The topological polar surface area (TPSA) is 53.9 Å². The van der Waals surface area contributed by atoms with Crippen LogP contribution in [0.4, 0.5) is 0 Å². The van der Waals surface area contributed by atoms with Gasteiger partial charge in [-0.1, -0.05) is 26.1 Å². The van der Waals surface area contributed by atoms with E-state index < -0.39 is 0 Å². The Bertz CT molecular complexity index is 640. The molecule has 0 aliphatic carbocycles. The minimum atomic E-state index is -0.315. The van der Waals surface area contributed by atoms with Crippen molar-refractivity contribution in [2.24, 2.45) is 13.0 Å². The fourth-order valence-electron chi connectivity index (χ4n) is 1.68. The number of imidazole rings is 1. The first kappa shape index (κ1) is 14.6. The Morgan fingerprint density at radius 2 is 2.18 bits per heavy atom. The van der Waals surface area contributed by atoms with E-state index in [4.69, 9.17) is 12.2 Å². The monoisotopic (exact) mass is 260 g/mol. The van der Waals surface area contributed by atoms with Gasteiger partial charge in [-0.3, -0.25) is 4.79 Å². The van der Waals surface area contributed by atoms with Crippen molar-refractivity contribution in [3.63, 3.8) is 0 Å². The molecule has 2 aromatic heterocycles. The number of aromatic nitrogens is 4. The number of hydrogen-bond acceptors (Lipinski definition) is 3. The zero-order chi connectivity index (χ0) is 11.9. The van der Waals surface area contributed by atoms with Gasteiger partial charge in [-0.2, -0.15) is 0 Å². The van der Waals surface area contributed by atoms with Crippen molar-refractivity contribution in [3.05, 3.63) is 21.5 Å². The molecule has 86 valence electrons. The quantitative estimate of drug-likeness (QED) is 0.467. The van der Waals surface area contributed by atoms with Gasteiger partial charge in [0, 0.05) is 7.05 Å². The maximum atomic E-state index is 11.7. The van der Waals surface area contributed by atoms with E-state index in [1.54, 1.807) is 15.5 Å². The molecule has 0 unspecified atom stereocenters. The van der Waals surface area contributed by atoms with Gasteiger partial charge in [-0.15, -0.1) is 0 Å². The number of rotatable bonds is 2. The molecule has 17 heavy (non-hydrogen) atoms. The fraction of sp³-hybridized carbons (Fsp3) is 0.500. The van der Waals surface area contributed by atoms with Crippen LogP contribution in [0.1, 0.15) is 13.8 Å². The number of fused-ring (bicyclic) bond motifs is 1. The molecule has 7 heteroatoms. The molecule has 0 aliphatic heterocycles. The van der Waals surface area contributed by atoms with E-state index in [2.05, 4.69) is 9.97 Å². The van der Waals surface area contributed by atoms with Gasteiger partial charge in [0.15, 0.2) is 5.69 Å². The summed E-state index contributed by atoms with van der Waals surface area (Å²) in [5.74, 6) is 0.362. The standard InChI is InChI=1S/C10H14N4OS.Na/c1-6(2)4-14-8-7(13(3)5-11-8)9(16)12-10(14)15;/h5-6H,4H2,1-3H3,(H,12,15,16);/q;+1/p-1. The van der Waals surface area contributed by atoms with Crippen molar-refractivity contribution in [2.45, 2.75) is 20.4 Å². The second kappa shape index (κ2) is 5.48. The summed E-state index contributed by atoms with van der Waals surface area (Å²) >= 11 is 5.07. The third-order valence-electron chi connectivity index (χ3n) is 2.35. The maximum Gasteiger partial charge on any atom is 1.00 e. The van der Waals surface area contributed by atoms with E-state index in [0.717, 1.165) is 5.52 Å². The number of nitrogens with zero attached hydrogens (tertiary/aromatic N) is 4. The molecule has 0 aliphatic rings. The van der Waals surface area contributed by atoms with Crippen LogP contribution in [0.15, 0.2) is 11.1 Å². The summed E-state index contributed by atoms with van der Waals surface area (Å²) < 4.78 is 3.69. The first-order chi connectivity index (χ1) is 7.50. The van der Waals surface area contributed by atoms with Gasteiger partial charge < -0.3 is 14.1 Å². The average molecular weight is 260 g/mol. The molecule has 0 saturated heterocycles. The molecule has 0 aromatic carbocycles. The predicted octanol–water partition coefficient (Wildman–Crippen LogP) is -1.92. The summed E-state index contributed by atoms with van der Waals surface area (Å²) in [6.07, 6.45) is 1.65. The van der Waals surface area contributed by atoms with Crippen LogP contribution in [-0.2, 0) is 13.6 Å². The fourth-order valence-corrected chi connectivity index (χ4v) is 2.00. The van der Waals surface area contributed by atoms with E-state index >= 15 is 0 Å². The third-order valence-corrected chi connectivity index (χ3v) is 2.64. The molecule has 2 heterocycles. The first-order valence-electron chi connectivity index (χ1n) is 5.09. The molecular weight excluding hydrogens is 247 g/mol. The summed E-state index contributed by atoms with van der Waals surface area (Å²) in [5.41, 5.74) is 1.06. The van der Waals surface area contributed by atoms with Gasteiger partial charge in [-0.05, 0) is 12.5 Å².